The average Bonchev–Trinajstić information content (AvgIpc) is 3.09. The fourth-order valence-corrected chi connectivity index (χ4v) is 2.38. The lowest BCUT2D eigenvalue weighted by Gasteiger charge is -2.15. The van der Waals surface area contributed by atoms with Crippen molar-refractivity contribution in [3.05, 3.63) is 83.9 Å². The Kier molecular flexibility index (Phi) is 4.37. The first-order chi connectivity index (χ1) is 11.5. The molecule has 1 N–H and O–H groups in total. The van der Waals surface area contributed by atoms with Gasteiger partial charge in [0.2, 0.25) is 0 Å². The number of amides is 1. The normalized spacial score (nSPS) is 12.0. The van der Waals surface area contributed by atoms with Crippen LogP contribution in [0.1, 0.15) is 28.9 Å². The first-order valence-corrected chi connectivity index (χ1v) is 7.39. The standard InChI is InChI=1S/C18H15F2N3O/c1-12(22-18(24)16-7-4-14(19)10-17(16)20)13-2-5-15(6-3-13)23-9-8-21-11-23/h2-12H,1H3,(H,22,24)/t12-/m1/s1. The van der Waals surface area contributed by atoms with E-state index in [0.29, 0.717) is 6.07 Å². The summed E-state index contributed by atoms with van der Waals surface area (Å²) in [6.07, 6.45) is 5.21. The maximum atomic E-state index is 13.7. The van der Waals surface area contributed by atoms with Gasteiger partial charge in [-0.1, -0.05) is 12.1 Å². The average molecular weight is 327 g/mol. The Morgan fingerprint density at radius 3 is 2.54 bits per heavy atom. The van der Waals surface area contributed by atoms with Gasteiger partial charge in [0.25, 0.3) is 5.91 Å². The topological polar surface area (TPSA) is 46.9 Å². The third kappa shape index (κ3) is 3.32. The van der Waals surface area contributed by atoms with Gasteiger partial charge >= 0.3 is 0 Å². The van der Waals surface area contributed by atoms with E-state index in [-0.39, 0.29) is 11.6 Å². The number of nitrogens with zero attached hydrogens (tertiary/aromatic N) is 2. The van der Waals surface area contributed by atoms with Gasteiger partial charge in [-0.3, -0.25) is 4.79 Å². The molecule has 0 radical (unpaired) electrons. The number of carbonyl (C=O) groups is 1. The van der Waals surface area contributed by atoms with Crippen LogP contribution in [0.4, 0.5) is 8.78 Å². The van der Waals surface area contributed by atoms with Crippen LogP contribution in [0.2, 0.25) is 0 Å². The van der Waals surface area contributed by atoms with E-state index < -0.39 is 17.5 Å². The number of nitrogens with one attached hydrogen (secondary N) is 1. The quantitative estimate of drug-likeness (QED) is 0.795. The Morgan fingerprint density at radius 2 is 1.92 bits per heavy atom. The fourth-order valence-electron chi connectivity index (χ4n) is 2.38. The molecule has 0 fully saturated rings. The maximum Gasteiger partial charge on any atom is 0.254 e. The maximum absolute atomic E-state index is 13.7. The van der Waals surface area contributed by atoms with Gasteiger partial charge in [-0.2, -0.15) is 0 Å². The van der Waals surface area contributed by atoms with Crippen LogP contribution in [0.5, 0.6) is 0 Å². The van der Waals surface area contributed by atoms with Gasteiger partial charge in [-0.05, 0) is 36.8 Å². The summed E-state index contributed by atoms with van der Waals surface area (Å²) in [5, 5.41) is 2.71. The predicted octanol–water partition coefficient (Wildman–Crippen LogP) is 3.64. The molecule has 0 aliphatic rings. The van der Waals surface area contributed by atoms with E-state index >= 15 is 0 Å². The lowest BCUT2D eigenvalue weighted by atomic mass is 10.1. The molecule has 6 heteroatoms. The van der Waals surface area contributed by atoms with Crippen molar-refractivity contribution in [2.24, 2.45) is 0 Å². The van der Waals surface area contributed by atoms with E-state index in [0.717, 1.165) is 23.4 Å². The number of halogens is 2. The zero-order valence-electron chi connectivity index (χ0n) is 12.9. The molecule has 4 nitrogen and oxygen atoms in total. The summed E-state index contributed by atoms with van der Waals surface area (Å²) in [5.74, 6) is -2.18. The molecule has 0 saturated heterocycles. The van der Waals surface area contributed by atoms with Crippen molar-refractivity contribution in [2.75, 3.05) is 0 Å². The summed E-state index contributed by atoms with van der Waals surface area (Å²) < 4.78 is 28.4. The molecule has 0 aliphatic heterocycles. The van der Waals surface area contributed by atoms with Crippen LogP contribution < -0.4 is 5.32 Å². The molecule has 2 aromatic carbocycles. The molecule has 0 unspecified atom stereocenters. The zero-order valence-corrected chi connectivity index (χ0v) is 12.9. The van der Waals surface area contributed by atoms with Crippen LogP contribution in [0, 0.1) is 11.6 Å². The van der Waals surface area contributed by atoms with Crippen molar-refractivity contribution < 1.29 is 13.6 Å². The highest BCUT2D eigenvalue weighted by Crippen LogP contribution is 2.17. The van der Waals surface area contributed by atoms with E-state index in [4.69, 9.17) is 0 Å². The molecule has 1 atom stereocenters. The molecule has 1 heterocycles. The highest BCUT2D eigenvalue weighted by atomic mass is 19.1. The molecule has 3 rings (SSSR count). The van der Waals surface area contributed by atoms with Crippen molar-refractivity contribution in [3.63, 3.8) is 0 Å². The second kappa shape index (κ2) is 6.62. The molecular weight excluding hydrogens is 312 g/mol. The van der Waals surface area contributed by atoms with Crippen LogP contribution in [-0.2, 0) is 0 Å². The van der Waals surface area contributed by atoms with E-state index in [1.807, 2.05) is 35.0 Å². The number of carbonyl (C=O) groups excluding carboxylic acids is 1. The minimum absolute atomic E-state index is 0.182. The number of aromatic nitrogens is 2. The minimum atomic E-state index is -0.879. The lowest BCUT2D eigenvalue weighted by Crippen LogP contribution is -2.27. The number of rotatable bonds is 4. The van der Waals surface area contributed by atoms with E-state index in [9.17, 15) is 13.6 Å². The number of hydrogen-bond donors (Lipinski definition) is 1. The molecule has 0 spiro atoms. The first kappa shape index (κ1) is 15.9. The van der Waals surface area contributed by atoms with Gasteiger partial charge in [-0.15, -0.1) is 0 Å². The Balaban J connectivity index is 1.72. The number of imidazole rings is 1. The third-order valence-electron chi connectivity index (χ3n) is 3.72. The molecule has 24 heavy (non-hydrogen) atoms. The van der Waals surface area contributed by atoms with Crippen LogP contribution in [-0.4, -0.2) is 15.5 Å². The highest BCUT2D eigenvalue weighted by molar-refractivity contribution is 5.94. The van der Waals surface area contributed by atoms with Gasteiger partial charge < -0.3 is 9.88 Å². The summed E-state index contributed by atoms with van der Waals surface area (Å²) in [6, 6.07) is 10.1. The van der Waals surface area contributed by atoms with Crippen LogP contribution in [0.25, 0.3) is 5.69 Å². The van der Waals surface area contributed by atoms with Crippen molar-refractivity contribution in [1.29, 1.82) is 0 Å². The molecule has 1 aromatic heterocycles. The van der Waals surface area contributed by atoms with Crippen molar-refractivity contribution in [1.82, 2.24) is 14.9 Å². The highest BCUT2D eigenvalue weighted by Gasteiger charge is 2.15. The molecular formula is C18H15F2N3O. The minimum Gasteiger partial charge on any atom is -0.345 e. The van der Waals surface area contributed by atoms with Gasteiger partial charge in [0.15, 0.2) is 0 Å². The smallest absolute Gasteiger partial charge is 0.254 e. The second-order valence-corrected chi connectivity index (χ2v) is 5.38. The van der Waals surface area contributed by atoms with Crippen LogP contribution in [0.3, 0.4) is 0 Å². The SMILES string of the molecule is C[C@@H](NC(=O)c1ccc(F)cc1F)c1ccc(-n2ccnc2)cc1. The first-order valence-electron chi connectivity index (χ1n) is 7.39. The summed E-state index contributed by atoms with van der Waals surface area (Å²) in [4.78, 5) is 16.1. The Morgan fingerprint density at radius 1 is 1.17 bits per heavy atom. The largest absolute Gasteiger partial charge is 0.345 e. The number of hydrogen-bond acceptors (Lipinski definition) is 2. The summed E-state index contributed by atoms with van der Waals surface area (Å²) in [6.45, 7) is 1.80. The van der Waals surface area contributed by atoms with Crippen LogP contribution in [0.15, 0.2) is 61.2 Å². The van der Waals surface area contributed by atoms with Crippen molar-refractivity contribution in [2.45, 2.75) is 13.0 Å². The zero-order chi connectivity index (χ0) is 17.1. The lowest BCUT2D eigenvalue weighted by molar-refractivity contribution is 0.0935. The fraction of sp³-hybridized carbons (Fsp3) is 0.111. The van der Waals surface area contributed by atoms with Gasteiger partial charge in [-0.25, -0.2) is 13.8 Å². The van der Waals surface area contributed by atoms with Gasteiger partial charge in [0.05, 0.1) is 17.9 Å². The third-order valence-corrected chi connectivity index (χ3v) is 3.72. The summed E-state index contributed by atoms with van der Waals surface area (Å²) in [7, 11) is 0. The van der Waals surface area contributed by atoms with Gasteiger partial charge in [0.1, 0.15) is 11.6 Å². The van der Waals surface area contributed by atoms with Crippen LogP contribution >= 0.6 is 0 Å². The van der Waals surface area contributed by atoms with E-state index in [1.165, 1.54) is 0 Å². The number of benzene rings is 2. The van der Waals surface area contributed by atoms with Gasteiger partial charge in [0, 0.05) is 24.1 Å². The van der Waals surface area contributed by atoms with E-state index in [1.54, 1.807) is 19.4 Å². The Hall–Kier alpha value is -3.02. The molecule has 122 valence electrons. The molecule has 0 saturated carbocycles. The Bertz CT molecular complexity index is 845. The second-order valence-electron chi connectivity index (χ2n) is 5.38. The molecule has 3 aromatic rings. The molecule has 1 amide bonds. The summed E-state index contributed by atoms with van der Waals surface area (Å²) in [5.41, 5.74) is 1.63. The van der Waals surface area contributed by atoms with Crippen molar-refractivity contribution in [3.8, 4) is 5.69 Å². The van der Waals surface area contributed by atoms with E-state index in [2.05, 4.69) is 10.3 Å². The Labute approximate surface area is 137 Å². The predicted molar refractivity (Wildman–Crippen MR) is 85.8 cm³/mol. The molecule has 0 aliphatic carbocycles. The molecule has 0 bridgehead atoms. The monoisotopic (exact) mass is 327 g/mol. The summed E-state index contributed by atoms with van der Waals surface area (Å²) >= 11 is 0. The van der Waals surface area contributed by atoms with Crippen molar-refractivity contribution >= 4 is 5.91 Å².